The number of carbonyl (C=O) groups excluding carboxylic acids is 2. The summed E-state index contributed by atoms with van der Waals surface area (Å²) in [6.45, 7) is 6.48. The molecule has 2 heterocycles. The number of hydrogen-bond acceptors (Lipinski definition) is 4. The number of benzene rings is 1. The molecule has 1 N–H and O–H groups in total. The van der Waals surface area contributed by atoms with E-state index in [2.05, 4.69) is 10.4 Å². The number of rotatable bonds is 8. The molecule has 3 rings (SSSR count). The Balaban J connectivity index is 1.54. The molecule has 0 bridgehead atoms. The van der Waals surface area contributed by atoms with E-state index in [4.69, 9.17) is 4.74 Å². The number of amides is 2. The van der Waals surface area contributed by atoms with Crippen molar-refractivity contribution < 1.29 is 14.3 Å². The van der Waals surface area contributed by atoms with Crippen LogP contribution in [0.5, 0.6) is 0 Å². The number of likely N-dealkylation sites (tertiary alicyclic amines) is 1. The first kappa shape index (κ1) is 22.0. The lowest BCUT2D eigenvalue weighted by Gasteiger charge is -2.34. The quantitative estimate of drug-likeness (QED) is 0.677. The fourth-order valence-corrected chi connectivity index (χ4v) is 3.96. The fourth-order valence-electron chi connectivity index (χ4n) is 3.96. The van der Waals surface area contributed by atoms with Crippen LogP contribution in [0.25, 0.3) is 5.69 Å². The number of piperidine rings is 1. The predicted octanol–water partition coefficient (Wildman–Crippen LogP) is 2.82. The van der Waals surface area contributed by atoms with E-state index in [9.17, 15) is 9.59 Å². The van der Waals surface area contributed by atoms with Gasteiger partial charge in [-0.1, -0.05) is 25.1 Å². The molecule has 1 aromatic heterocycles. The van der Waals surface area contributed by atoms with Crippen LogP contribution in [0.1, 0.15) is 42.2 Å². The number of nitrogens with zero attached hydrogens (tertiary/aromatic N) is 3. The van der Waals surface area contributed by atoms with Crippen molar-refractivity contribution in [3.8, 4) is 5.69 Å². The van der Waals surface area contributed by atoms with E-state index in [-0.39, 0.29) is 17.7 Å². The first-order valence-corrected chi connectivity index (χ1v) is 10.7. The van der Waals surface area contributed by atoms with Crippen molar-refractivity contribution in [3.63, 3.8) is 0 Å². The number of aryl methyl sites for hydroxylation is 1. The van der Waals surface area contributed by atoms with Gasteiger partial charge < -0.3 is 15.0 Å². The Morgan fingerprint density at radius 1 is 1.23 bits per heavy atom. The Morgan fingerprint density at radius 2 is 1.93 bits per heavy atom. The zero-order valence-corrected chi connectivity index (χ0v) is 18.1. The molecule has 7 nitrogen and oxygen atoms in total. The summed E-state index contributed by atoms with van der Waals surface area (Å²) in [5.41, 5.74) is 2.31. The lowest BCUT2D eigenvalue weighted by Crippen LogP contribution is -2.43. The Morgan fingerprint density at radius 3 is 2.60 bits per heavy atom. The summed E-state index contributed by atoms with van der Waals surface area (Å²) in [5.74, 6) is 0.359. The average molecular weight is 413 g/mol. The van der Waals surface area contributed by atoms with E-state index >= 15 is 0 Å². The third-order valence-electron chi connectivity index (χ3n) is 5.92. The highest BCUT2D eigenvalue weighted by Crippen LogP contribution is 2.26. The molecule has 30 heavy (non-hydrogen) atoms. The van der Waals surface area contributed by atoms with Crippen LogP contribution in [0.15, 0.2) is 36.5 Å². The van der Waals surface area contributed by atoms with Crippen molar-refractivity contribution in [2.45, 2.75) is 33.1 Å². The summed E-state index contributed by atoms with van der Waals surface area (Å²) in [6.07, 6.45) is 4.31. The van der Waals surface area contributed by atoms with Crippen LogP contribution in [0, 0.1) is 18.8 Å². The topological polar surface area (TPSA) is 76.5 Å². The first-order valence-electron chi connectivity index (χ1n) is 10.7. The maximum Gasteiger partial charge on any atom is 0.257 e. The highest BCUT2D eigenvalue weighted by atomic mass is 16.5. The number of aromatic nitrogens is 2. The summed E-state index contributed by atoms with van der Waals surface area (Å²) in [5, 5.41) is 7.50. The van der Waals surface area contributed by atoms with Crippen molar-refractivity contribution in [3.05, 3.63) is 47.8 Å². The number of nitrogens with one attached hydrogen (secondary N) is 1. The standard InChI is InChI=1S/C23H32N4O3/c1-17(22(28)24-12-7-15-30-3)19-10-13-26(14-11-19)23(29)21-16-27(25-18(21)2)20-8-5-4-6-9-20/h4-6,8-9,16-17,19H,7,10-15H2,1-3H3,(H,24,28). The van der Waals surface area contributed by atoms with Crippen molar-refractivity contribution in [1.29, 1.82) is 0 Å². The normalized spacial score (nSPS) is 15.8. The fraction of sp³-hybridized carbons (Fsp3) is 0.522. The molecule has 0 saturated carbocycles. The number of hydrogen-bond donors (Lipinski definition) is 1. The molecule has 2 amide bonds. The second-order valence-electron chi connectivity index (χ2n) is 7.96. The van der Waals surface area contributed by atoms with Crippen LogP contribution in [-0.2, 0) is 9.53 Å². The highest BCUT2D eigenvalue weighted by molar-refractivity contribution is 5.95. The molecule has 1 saturated heterocycles. The molecule has 1 aliphatic heterocycles. The summed E-state index contributed by atoms with van der Waals surface area (Å²) < 4.78 is 6.77. The molecule has 0 spiro atoms. The maximum atomic E-state index is 13.1. The van der Waals surface area contributed by atoms with E-state index in [0.29, 0.717) is 37.7 Å². The van der Waals surface area contributed by atoms with Crippen LogP contribution in [0.2, 0.25) is 0 Å². The molecule has 1 fully saturated rings. The van der Waals surface area contributed by atoms with Crippen LogP contribution >= 0.6 is 0 Å². The van der Waals surface area contributed by atoms with Gasteiger partial charge in [-0.3, -0.25) is 9.59 Å². The van der Waals surface area contributed by atoms with Gasteiger partial charge in [0.25, 0.3) is 5.91 Å². The van der Waals surface area contributed by atoms with Gasteiger partial charge in [0.15, 0.2) is 0 Å². The van der Waals surface area contributed by atoms with E-state index in [1.807, 2.05) is 55.3 Å². The Kier molecular flexibility index (Phi) is 7.63. The molecule has 2 aromatic rings. The van der Waals surface area contributed by atoms with Gasteiger partial charge in [-0.05, 0) is 44.2 Å². The van der Waals surface area contributed by atoms with Gasteiger partial charge in [0, 0.05) is 45.5 Å². The molecule has 7 heteroatoms. The summed E-state index contributed by atoms with van der Waals surface area (Å²) in [7, 11) is 1.66. The van der Waals surface area contributed by atoms with Gasteiger partial charge in [-0.2, -0.15) is 5.10 Å². The molecule has 1 aromatic carbocycles. The van der Waals surface area contributed by atoms with Gasteiger partial charge in [-0.15, -0.1) is 0 Å². The van der Waals surface area contributed by atoms with Gasteiger partial charge in [0.1, 0.15) is 0 Å². The Bertz CT molecular complexity index is 841. The van der Waals surface area contributed by atoms with Crippen molar-refractivity contribution in [2.24, 2.45) is 11.8 Å². The smallest absolute Gasteiger partial charge is 0.257 e. The second kappa shape index (κ2) is 10.4. The van der Waals surface area contributed by atoms with Crippen molar-refractivity contribution in [2.75, 3.05) is 33.4 Å². The lowest BCUT2D eigenvalue weighted by molar-refractivity contribution is -0.126. The number of ether oxygens (including phenoxy) is 1. The monoisotopic (exact) mass is 412 g/mol. The van der Waals surface area contributed by atoms with E-state index in [1.165, 1.54) is 0 Å². The number of methoxy groups -OCH3 is 1. The van der Waals surface area contributed by atoms with E-state index < -0.39 is 0 Å². The molecular formula is C23H32N4O3. The molecule has 0 radical (unpaired) electrons. The Hall–Kier alpha value is -2.67. The minimum Gasteiger partial charge on any atom is -0.385 e. The minimum atomic E-state index is -0.0487. The highest BCUT2D eigenvalue weighted by Gasteiger charge is 2.31. The molecule has 1 atom stereocenters. The Labute approximate surface area is 178 Å². The number of carbonyl (C=O) groups is 2. The van der Waals surface area contributed by atoms with Crippen molar-refractivity contribution >= 4 is 11.8 Å². The van der Waals surface area contributed by atoms with Gasteiger partial charge in [0.05, 0.1) is 16.9 Å². The van der Waals surface area contributed by atoms with Crippen molar-refractivity contribution in [1.82, 2.24) is 20.0 Å². The second-order valence-corrected chi connectivity index (χ2v) is 7.96. The third kappa shape index (κ3) is 5.27. The average Bonchev–Trinajstić information content (AvgIpc) is 3.18. The molecule has 1 aliphatic rings. The van der Waals surface area contributed by atoms with Gasteiger partial charge in [0.2, 0.25) is 5.91 Å². The maximum absolute atomic E-state index is 13.1. The molecular weight excluding hydrogens is 380 g/mol. The van der Waals surface area contributed by atoms with Crippen LogP contribution < -0.4 is 5.32 Å². The first-order chi connectivity index (χ1) is 14.5. The largest absolute Gasteiger partial charge is 0.385 e. The summed E-state index contributed by atoms with van der Waals surface area (Å²) in [6, 6.07) is 9.79. The third-order valence-corrected chi connectivity index (χ3v) is 5.92. The molecule has 162 valence electrons. The van der Waals surface area contributed by atoms with Crippen LogP contribution in [0.3, 0.4) is 0 Å². The zero-order valence-electron chi connectivity index (χ0n) is 18.1. The summed E-state index contributed by atoms with van der Waals surface area (Å²) >= 11 is 0. The van der Waals surface area contributed by atoms with Crippen LogP contribution in [0.4, 0.5) is 0 Å². The van der Waals surface area contributed by atoms with E-state index in [0.717, 1.165) is 30.6 Å². The molecule has 1 unspecified atom stereocenters. The zero-order chi connectivity index (χ0) is 21.5. The van der Waals surface area contributed by atoms with E-state index in [1.54, 1.807) is 11.8 Å². The number of para-hydroxylation sites is 1. The SMILES string of the molecule is COCCCNC(=O)C(C)C1CCN(C(=O)c2cn(-c3ccccc3)nc2C)CC1. The minimum absolute atomic E-state index is 0.0183. The van der Waals surface area contributed by atoms with Gasteiger partial charge in [-0.25, -0.2) is 4.68 Å². The predicted molar refractivity (Wildman–Crippen MR) is 116 cm³/mol. The van der Waals surface area contributed by atoms with Gasteiger partial charge >= 0.3 is 0 Å². The van der Waals surface area contributed by atoms with Crippen LogP contribution in [-0.4, -0.2) is 59.8 Å². The molecule has 0 aliphatic carbocycles. The lowest BCUT2D eigenvalue weighted by atomic mass is 9.84. The summed E-state index contributed by atoms with van der Waals surface area (Å²) in [4.78, 5) is 27.3.